The summed E-state index contributed by atoms with van der Waals surface area (Å²) in [6, 6.07) is 3.80. The fraction of sp³-hybridized carbons (Fsp3) is 0.800. The van der Waals surface area contributed by atoms with Gasteiger partial charge >= 0.3 is 10.4 Å². The van der Waals surface area contributed by atoms with Crippen LogP contribution in [0.15, 0.2) is 12.1 Å². The summed E-state index contributed by atoms with van der Waals surface area (Å²) in [6.07, 6.45) is 6.95. The third-order valence-electron chi connectivity index (χ3n) is 11.7. The molecular formula is C30H44ClNO6S2. The molecule has 0 saturated heterocycles. The Kier molecular flexibility index (Phi) is 8.57. The number of carbonyl (C=O) groups excluding carboxylic acids is 2. The topological polar surface area (TPSA) is 110 Å². The van der Waals surface area contributed by atoms with Gasteiger partial charge in [0.15, 0.2) is 0 Å². The van der Waals surface area contributed by atoms with E-state index in [1.165, 1.54) is 11.3 Å². The Morgan fingerprint density at radius 2 is 1.93 bits per heavy atom. The number of amides is 1. The molecule has 224 valence electrons. The van der Waals surface area contributed by atoms with Crippen LogP contribution in [-0.4, -0.2) is 30.8 Å². The second-order valence-electron chi connectivity index (χ2n) is 13.6. The fourth-order valence-electron chi connectivity index (χ4n) is 9.80. The summed E-state index contributed by atoms with van der Waals surface area (Å²) in [6.45, 7) is 8.89. The lowest BCUT2D eigenvalue weighted by molar-refractivity contribution is -0.164. The van der Waals surface area contributed by atoms with Crippen molar-refractivity contribution in [3.8, 4) is 0 Å². The maximum atomic E-state index is 13.2. The average Bonchev–Trinajstić information content (AvgIpc) is 3.45. The molecule has 0 spiro atoms. The van der Waals surface area contributed by atoms with Gasteiger partial charge in [0.1, 0.15) is 5.78 Å². The van der Waals surface area contributed by atoms with Gasteiger partial charge < -0.3 is 5.32 Å². The highest BCUT2D eigenvalue weighted by molar-refractivity contribution is 7.80. The van der Waals surface area contributed by atoms with Crippen molar-refractivity contribution in [2.45, 2.75) is 104 Å². The highest BCUT2D eigenvalue weighted by Gasteiger charge is 2.64. The van der Waals surface area contributed by atoms with Crippen LogP contribution in [0, 0.1) is 46.3 Å². The predicted molar refractivity (Wildman–Crippen MR) is 156 cm³/mol. The molecule has 1 aromatic heterocycles. The van der Waals surface area contributed by atoms with Crippen LogP contribution < -0.4 is 5.32 Å². The van der Waals surface area contributed by atoms with E-state index in [0.29, 0.717) is 31.6 Å². The zero-order valence-electron chi connectivity index (χ0n) is 24.0. The van der Waals surface area contributed by atoms with E-state index in [4.69, 9.17) is 15.8 Å². The van der Waals surface area contributed by atoms with Crippen molar-refractivity contribution in [1.29, 1.82) is 0 Å². The van der Waals surface area contributed by atoms with Crippen molar-refractivity contribution in [2.24, 2.45) is 46.3 Å². The molecule has 4 fully saturated rings. The first-order valence-corrected chi connectivity index (χ1v) is 17.5. The molecular weight excluding hydrogens is 570 g/mol. The molecule has 7 nitrogen and oxygen atoms in total. The van der Waals surface area contributed by atoms with Crippen LogP contribution in [0.4, 0.5) is 0 Å². The van der Waals surface area contributed by atoms with E-state index in [0.717, 1.165) is 47.7 Å². The van der Waals surface area contributed by atoms with Gasteiger partial charge in [-0.05, 0) is 103 Å². The number of hydrogen-bond acceptors (Lipinski definition) is 6. The third-order valence-corrected chi connectivity index (χ3v) is 13.5. The molecule has 1 aromatic rings. The Balaban J connectivity index is 1.34. The molecule has 0 aromatic carbocycles. The summed E-state index contributed by atoms with van der Waals surface area (Å²) in [7, 11) is -4.62. The molecule has 2 N–H and O–H groups in total. The largest absolute Gasteiger partial charge is 0.397 e. The van der Waals surface area contributed by atoms with E-state index in [-0.39, 0.29) is 58.2 Å². The lowest BCUT2D eigenvalue weighted by Crippen LogP contribution is -2.59. The second-order valence-corrected chi connectivity index (χ2v) is 16.4. The summed E-state index contributed by atoms with van der Waals surface area (Å²) < 4.78 is 39.8. The number of halogens is 1. The van der Waals surface area contributed by atoms with Gasteiger partial charge in [-0.2, -0.15) is 8.42 Å². The van der Waals surface area contributed by atoms with Gasteiger partial charge in [-0.1, -0.05) is 39.3 Å². The van der Waals surface area contributed by atoms with Crippen molar-refractivity contribution in [3.05, 3.63) is 21.3 Å². The van der Waals surface area contributed by atoms with Crippen molar-refractivity contribution in [3.63, 3.8) is 0 Å². The van der Waals surface area contributed by atoms with Crippen LogP contribution in [0.1, 0.15) is 103 Å². The van der Waals surface area contributed by atoms with E-state index >= 15 is 0 Å². The molecule has 0 aliphatic heterocycles. The Labute approximate surface area is 248 Å². The number of hydrogen-bond donors (Lipinski definition) is 2. The summed E-state index contributed by atoms with van der Waals surface area (Å²) >= 11 is 7.63. The van der Waals surface area contributed by atoms with E-state index in [9.17, 15) is 22.6 Å². The van der Waals surface area contributed by atoms with Crippen LogP contribution in [0.2, 0.25) is 4.34 Å². The molecule has 1 amide bonds. The minimum absolute atomic E-state index is 0.00852. The fourth-order valence-corrected chi connectivity index (χ4v) is 11.5. The molecule has 0 bridgehead atoms. The molecule has 4 saturated carbocycles. The van der Waals surface area contributed by atoms with Crippen molar-refractivity contribution in [2.75, 3.05) is 0 Å². The molecule has 2 unspecified atom stereocenters. The zero-order valence-corrected chi connectivity index (χ0v) is 26.4. The number of ketones is 1. The van der Waals surface area contributed by atoms with Gasteiger partial charge in [0, 0.05) is 24.1 Å². The van der Waals surface area contributed by atoms with Crippen molar-refractivity contribution in [1.82, 2.24) is 5.32 Å². The normalized spacial score (nSPS) is 39.1. The first-order chi connectivity index (χ1) is 18.7. The molecule has 10 heteroatoms. The third kappa shape index (κ3) is 5.67. The van der Waals surface area contributed by atoms with Gasteiger partial charge in [0.2, 0.25) is 5.91 Å². The maximum absolute atomic E-state index is 13.2. The number of fused-ring (bicyclic) bond motifs is 5. The maximum Gasteiger partial charge on any atom is 0.397 e. The van der Waals surface area contributed by atoms with Gasteiger partial charge in [-0.3, -0.25) is 14.1 Å². The van der Waals surface area contributed by atoms with Crippen LogP contribution in [0.25, 0.3) is 0 Å². The summed E-state index contributed by atoms with van der Waals surface area (Å²) in [4.78, 5) is 26.6. The SMILES string of the molecule is CCC(NC(=O)C[C@@H](C)C1CC[C@H]2[C@@H]3[C@H](OS(=O)(=O)O)C[C@@H]4CC(=O)CC[C@]4(C)[C@H]3CC[C@]12C)c1ccc(Cl)s1. The Morgan fingerprint density at radius 3 is 2.58 bits per heavy atom. The summed E-state index contributed by atoms with van der Waals surface area (Å²) in [5.74, 6) is 1.40. The van der Waals surface area contributed by atoms with E-state index < -0.39 is 16.5 Å². The molecule has 5 rings (SSSR count). The zero-order chi connectivity index (χ0) is 29.0. The number of nitrogens with one attached hydrogen (secondary N) is 1. The predicted octanol–water partition coefficient (Wildman–Crippen LogP) is 7.02. The van der Waals surface area contributed by atoms with E-state index in [2.05, 4.69) is 33.0 Å². The highest BCUT2D eigenvalue weighted by Crippen LogP contribution is 2.68. The van der Waals surface area contributed by atoms with Crippen molar-refractivity contribution < 1.29 is 26.7 Å². The minimum atomic E-state index is -4.62. The van der Waals surface area contributed by atoms with Crippen LogP contribution in [0.5, 0.6) is 0 Å². The molecule has 40 heavy (non-hydrogen) atoms. The van der Waals surface area contributed by atoms with Crippen LogP contribution >= 0.6 is 22.9 Å². The standard InChI is InChI=1S/C30H44ClNO6S2/c1-5-23(25-8-9-26(31)39-25)32-27(34)14-17(2)20-6-7-21-28-22(11-13-30(20,21)4)29(3)12-10-19(33)15-18(29)16-24(28)38-40(35,36)37/h8-9,17-18,20-24,28H,5-7,10-16H2,1-4H3,(H,32,34)(H,35,36,37)/t17-,18+,20?,21+,22+,23?,24-,28+,29+,30-/m1/s1. The molecule has 1 heterocycles. The number of rotatable bonds is 8. The van der Waals surface area contributed by atoms with Crippen LogP contribution in [-0.2, 0) is 24.2 Å². The Bertz CT molecular complexity index is 1230. The highest BCUT2D eigenvalue weighted by atomic mass is 35.5. The summed E-state index contributed by atoms with van der Waals surface area (Å²) in [5.41, 5.74) is -0.0662. The average molecular weight is 614 g/mol. The van der Waals surface area contributed by atoms with Gasteiger partial charge in [-0.15, -0.1) is 11.3 Å². The van der Waals surface area contributed by atoms with Gasteiger partial charge in [-0.25, -0.2) is 4.18 Å². The van der Waals surface area contributed by atoms with Crippen molar-refractivity contribution >= 4 is 45.0 Å². The molecule has 0 radical (unpaired) electrons. The van der Waals surface area contributed by atoms with Crippen LogP contribution in [0.3, 0.4) is 0 Å². The van der Waals surface area contributed by atoms with Gasteiger partial charge in [0.05, 0.1) is 16.5 Å². The van der Waals surface area contributed by atoms with Gasteiger partial charge in [0.25, 0.3) is 0 Å². The van der Waals surface area contributed by atoms with E-state index in [1.54, 1.807) is 0 Å². The lowest BCUT2D eigenvalue weighted by Gasteiger charge is -2.62. The minimum Gasteiger partial charge on any atom is -0.348 e. The summed E-state index contributed by atoms with van der Waals surface area (Å²) in [5, 5.41) is 3.22. The number of Topliss-reactive ketones (excluding diaryl/α,β-unsaturated/α-hetero) is 1. The molecule has 4 aliphatic rings. The Hall–Kier alpha value is -1.000. The quantitative estimate of drug-likeness (QED) is 0.305. The lowest BCUT2D eigenvalue weighted by atomic mass is 9.44. The first kappa shape index (κ1) is 30.5. The first-order valence-electron chi connectivity index (χ1n) is 15.0. The smallest absolute Gasteiger partial charge is 0.348 e. The Morgan fingerprint density at radius 1 is 1.20 bits per heavy atom. The molecule has 10 atom stereocenters. The van der Waals surface area contributed by atoms with E-state index in [1.807, 2.05) is 12.1 Å². The number of thiophene rings is 1. The molecule has 4 aliphatic carbocycles. The number of carbonyl (C=O) groups is 2. The monoisotopic (exact) mass is 613 g/mol. The second kappa shape index (κ2) is 11.3.